The van der Waals surface area contributed by atoms with Crippen molar-refractivity contribution in [2.24, 2.45) is 0 Å². The first-order chi connectivity index (χ1) is 8.58. The summed E-state index contributed by atoms with van der Waals surface area (Å²) in [7, 11) is 0. The SMILES string of the molecule is Cc1ccc(C(=O)Nc2cccnc2Cl)c(N)c1. The molecule has 0 bridgehead atoms. The number of anilines is 2. The molecule has 1 aromatic heterocycles. The fourth-order valence-electron chi connectivity index (χ4n) is 1.56. The van der Waals surface area contributed by atoms with E-state index in [0.29, 0.717) is 16.9 Å². The maximum atomic E-state index is 12.0. The van der Waals surface area contributed by atoms with Crippen LogP contribution in [0.3, 0.4) is 0 Å². The predicted molar refractivity (Wildman–Crippen MR) is 72.8 cm³/mol. The van der Waals surface area contributed by atoms with Gasteiger partial charge in [0.25, 0.3) is 5.91 Å². The van der Waals surface area contributed by atoms with E-state index in [4.69, 9.17) is 17.3 Å². The lowest BCUT2D eigenvalue weighted by atomic mass is 10.1. The van der Waals surface area contributed by atoms with E-state index in [0.717, 1.165) is 5.56 Å². The first-order valence-electron chi connectivity index (χ1n) is 5.36. The molecular formula is C13H12ClN3O. The van der Waals surface area contributed by atoms with Crippen LogP contribution in [-0.4, -0.2) is 10.9 Å². The maximum Gasteiger partial charge on any atom is 0.257 e. The van der Waals surface area contributed by atoms with Gasteiger partial charge in [0.15, 0.2) is 5.15 Å². The normalized spacial score (nSPS) is 10.1. The van der Waals surface area contributed by atoms with Crippen LogP contribution in [0.2, 0.25) is 5.15 Å². The molecule has 0 spiro atoms. The van der Waals surface area contributed by atoms with E-state index in [1.54, 1.807) is 30.5 Å². The molecule has 1 aromatic carbocycles. The van der Waals surface area contributed by atoms with Gasteiger partial charge >= 0.3 is 0 Å². The molecule has 3 N–H and O–H groups in total. The average Bonchev–Trinajstić information content (AvgIpc) is 2.32. The fourth-order valence-corrected chi connectivity index (χ4v) is 1.72. The molecule has 0 aliphatic heterocycles. The minimum atomic E-state index is -0.303. The Morgan fingerprint density at radius 1 is 1.39 bits per heavy atom. The number of aryl methyl sites for hydroxylation is 1. The Hall–Kier alpha value is -2.07. The Kier molecular flexibility index (Phi) is 3.48. The Morgan fingerprint density at radius 2 is 2.17 bits per heavy atom. The van der Waals surface area contributed by atoms with Crippen LogP contribution in [-0.2, 0) is 0 Å². The molecule has 5 heteroatoms. The third-order valence-electron chi connectivity index (χ3n) is 2.46. The summed E-state index contributed by atoms with van der Waals surface area (Å²) in [6.45, 7) is 1.91. The van der Waals surface area contributed by atoms with Gasteiger partial charge in [0, 0.05) is 11.9 Å². The van der Waals surface area contributed by atoms with E-state index in [2.05, 4.69) is 10.3 Å². The molecule has 1 amide bonds. The number of carbonyl (C=O) groups is 1. The molecule has 0 unspecified atom stereocenters. The maximum absolute atomic E-state index is 12.0. The number of halogens is 1. The summed E-state index contributed by atoms with van der Waals surface area (Å²) in [5, 5.41) is 2.92. The lowest BCUT2D eigenvalue weighted by Crippen LogP contribution is -2.14. The second-order valence-corrected chi connectivity index (χ2v) is 4.24. The lowest BCUT2D eigenvalue weighted by Gasteiger charge is -2.08. The lowest BCUT2D eigenvalue weighted by molar-refractivity contribution is 0.102. The average molecular weight is 262 g/mol. The summed E-state index contributed by atoms with van der Waals surface area (Å²) in [5.41, 5.74) is 8.12. The number of benzene rings is 1. The van der Waals surface area contributed by atoms with Crippen LogP contribution in [0, 0.1) is 6.92 Å². The minimum Gasteiger partial charge on any atom is -0.398 e. The number of nitrogens with two attached hydrogens (primary N) is 1. The van der Waals surface area contributed by atoms with Crippen molar-refractivity contribution < 1.29 is 4.79 Å². The molecule has 1 heterocycles. The van der Waals surface area contributed by atoms with Crippen LogP contribution in [0.1, 0.15) is 15.9 Å². The zero-order valence-corrected chi connectivity index (χ0v) is 10.5. The number of hydrogen-bond donors (Lipinski definition) is 2. The molecule has 0 atom stereocenters. The van der Waals surface area contributed by atoms with Gasteiger partial charge in [-0.1, -0.05) is 17.7 Å². The van der Waals surface area contributed by atoms with Gasteiger partial charge in [-0.15, -0.1) is 0 Å². The highest BCUT2D eigenvalue weighted by Gasteiger charge is 2.11. The highest BCUT2D eigenvalue weighted by molar-refractivity contribution is 6.32. The van der Waals surface area contributed by atoms with E-state index in [-0.39, 0.29) is 11.1 Å². The van der Waals surface area contributed by atoms with E-state index >= 15 is 0 Å². The summed E-state index contributed by atoms with van der Waals surface area (Å²) in [6.07, 6.45) is 1.55. The number of carbonyl (C=O) groups excluding carboxylic acids is 1. The van der Waals surface area contributed by atoms with Crippen molar-refractivity contribution in [1.82, 2.24) is 4.98 Å². The van der Waals surface area contributed by atoms with Crippen molar-refractivity contribution in [2.75, 3.05) is 11.1 Å². The zero-order valence-electron chi connectivity index (χ0n) is 9.77. The van der Waals surface area contributed by atoms with Crippen molar-refractivity contribution in [3.8, 4) is 0 Å². The van der Waals surface area contributed by atoms with Gasteiger partial charge in [-0.2, -0.15) is 0 Å². The summed E-state index contributed by atoms with van der Waals surface area (Å²) < 4.78 is 0. The number of amides is 1. The molecule has 18 heavy (non-hydrogen) atoms. The topological polar surface area (TPSA) is 68.0 Å². The van der Waals surface area contributed by atoms with Crippen molar-refractivity contribution in [1.29, 1.82) is 0 Å². The monoisotopic (exact) mass is 261 g/mol. The third-order valence-corrected chi connectivity index (χ3v) is 2.76. The second-order valence-electron chi connectivity index (χ2n) is 3.89. The third kappa shape index (κ3) is 2.60. The first kappa shape index (κ1) is 12.4. The van der Waals surface area contributed by atoms with Crippen molar-refractivity contribution >= 4 is 28.9 Å². The number of nitrogens with zero attached hydrogens (tertiary/aromatic N) is 1. The highest BCUT2D eigenvalue weighted by atomic mass is 35.5. The molecule has 4 nitrogen and oxygen atoms in total. The van der Waals surface area contributed by atoms with Gasteiger partial charge in [0.1, 0.15) is 0 Å². The molecule has 2 rings (SSSR count). The summed E-state index contributed by atoms with van der Waals surface area (Å²) >= 11 is 5.86. The van der Waals surface area contributed by atoms with E-state index in [9.17, 15) is 4.79 Å². The fraction of sp³-hybridized carbons (Fsp3) is 0.0769. The molecule has 2 aromatic rings. The molecule has 0 saturated carbocycles. The minimum absolute atomic E-state index is 0.247. The van der Waals surface area contributed by atoms with Crippen molar-refractivity contribution in [3.05, 3.63) is 52.8 Å². The number of pyridine rings is 1. The van der Waals surface area contributed by atoms with Crippen LogP contribution in [0.25, 0.3) is 0 Å². The molecule has 0 fully saturated rings. The molecule has 92 valence electrons. The van der Waals surface area contributed by atoms with Gasteiger partial charge in [-0.05, 0) is 36.8 Å². The van der Waals surface area contributed by atoms with Crippen molar-refractivity contribution in [3.63, 3.8) is 0 Å². The van der Waals surface area contributed by atoms with Gasteiger partial charge < -0.3 is 11.1 Å². The Balaban J connectivity index is 2.25. The van der Waals surface area contributed by atoms with Crippen molar-refractivity contribution in [2.45, 2.75) is 6.92 Å². The molecular weight excluding hydrogens is 250 g/mol. The van der Waals surface area contributed by atoms with Gasteiger partial charge in [-0.25, -0.2) is 4.98 Å². The van der Waals surface area contributed by atoms with Crippen LogP contribution in [0.4, 0.5) is 11.4 Å². The number of rotatable bonds is 2. The van der Waals surface area contributed by atoms with E-state index in [1.807, 2.05) is 13.0 Å². The first-order valence-corrected chi connectivity index (χ1v) is 5.73. The smallest absolute Gasteiger partial charge is 0.257 e. The quantitative estimate of drug-likeness (QED) is 0.645. The molecule has 0 radical (unpaired) electrons. The molecule has 0 aliphatic carbocycles. The molecule has 0 saturated heterocycles. The van der Waals surface area contributed by atoms with Crippen LogP contribution in [0.15, 0.2) is 36.5 Å². The highest BCUT2D eigenvalue weighted by Crippen LogP contribution is 2.20. The zero-order chi connectivity index (χ0) is 13.1. The number of nitrogen functional groups attached to an aromatic ring is 1. The second kappa shape index (κ2) is 5.06. The van der Waals surface area contributed by atoms with Gasteiger partial charge in [-0.3, -0.25) is 4.79 Å². The Bertz CT molecular complexity index is 599. The van der Waals surface area contributed by atoms with E-state index in [1.165, 1.54) is 0 Å². The molecule has 0 aliphatic rings. The van der Waals surface area contributed by atoms with Crippen LogP contribution < -0.4 is 11.1 Å². The summed E-state index contributed by atoms with van der Waals surface area (Å²) in [5.74, 6) is -0.303. The number of nitrogens with one attached hydrogen (secondary N) is 1. The number of aromatic nitrogens is 1. The van der Waals surface area contributed by atoms with Crippen LogP contribution in [0.5, 0.6) is 0 Å². The Morgan fingerprint density at radius 3 is 2.83 bits per heavy atom. The van der Waals surface area contributed by atoms with E-state index < -0.39 is 0 Å². The Labute approximate surface area is 110 Å². The van der Waals surface area contributed by atoms with Gasteiger partial charge in [0.05, 0.1) is 11.3 Å². The number of hydrogen-bond acceptors (Lipinski definition) is 3. The largest absolute Gasteiger partial charge is 0.398 e. The summed E-state index contributed by atoms with van der Waals surface area (Å²) in [6, 6.07) is 8.64. The van der Waals surface area contributed by atoms with Crippen LogP contribution >= 0.6 is 11.6 Å². The standard InChI is InChI=1S/C13H12ClN3O/c1-8-4-5-9(10(15)7-8)13(18)17-11-3-2-6-16-12(11)14/h2-7H,15H2,1H3,(H,17,18). The summed E-state index contributed by atoms with van der Waals surface area (Å²) in [4.78, 5) is 15.9. The van der Waals surface area contributed by atoms with Gasteiger partial charge in [0.2, 0.25) is 0 Å². The predicted octanol–water partition coefficient (Wildman–Crippen LogP) is 2.88.